The van der Waals surface area contributed by atoms with Crippen molar-refractivity contribution < 1.29 is 8.78 Å². The molecule has 0 bridgehead atoms. The lowest BCUT2D eigenvalue weighted by atomic mass is 10.3. The summed E-state index contributed by atoms with van der Waals surface area (Å²) >= 11 is 3.31. The second-order valence-electron chi connectivity index (χ2n) is 3.65. The number of para-hydroxylation sites is 1. The maximum Gasteiger partial charge on any atom is 0.306 e. The molecule has 0 spiro atoms. The molecule has 2 nitrogen and oxygen atoms in total. The number of benzene rings is 1. The highest BCUT2D eigenvalue weighted by atomic mass is 79.9. The quantitative estimate of drug-likeness (QED) is 0.720. The molecule has 0 amide bonds. The fourth-order valence-electron chi connectivity index (χ4n) is 1.98. The van der Waals surface area contributed by atoms with Gasteiger partial charge in [0, 0.05) is 17.4 Å². The number of rotatable bonds is 0. The van der Waals surface area contributed by atoms with E-state index < -0.39 is 5.92 Å². The topological polar surface area (TPSA) is 17.8 Å². The third kappa shape index (κ3) is 1.16. The molecule has 3 rings (SSSR count). The van der Waals surface area contributed by atoms with E-state index in [2.05, 4.69) is 20.9 Å². The van der Waals surface area contributed by atoms with E-state index >= 15 is 0 Å². The van der Waals surface area contributed by atoms with Crippen molar-refractivity contribution in [1.82, 2.24) is 9.55 Å². The molecule has 0 saturated heterocycles. The van der Waals surface area contributed by atoms with Gasteiger partial charge in [-0.1, -0.05) is 6.07 Å². The Morgan fingerprint density at radius 2 is 2.20 bits per heavy atom. The van der Waals surface area contributed by atoms with Gasteiger partial charge in [0.25, 0.3) is 0 Å². The van der Waals surface area contributed by atoms with Crippen LogP contribution >= 0.6 is 15.9 Å². The molecular weight excluding hydrogens is 266 g/mol. The lowest BCUT2D eigenvalue weighted by Gasteiger charge is -2.03. The van der Waals surface area contributed by atoms with E-state index in [0.717, 1.165) is 9.99 Å². The van der Waals surface area contributed by atoms with Crippen LogP contribution in [-0.4, -0.2) is 9.55 Å². The number of alkyl halides is 2. The smallest absolute Gasteiger partial charge is 0.306 e. The average molecular weight is 273 g/mol. The Labute approximate surface area is 93.0 Å². The van der Waals surface area contributed by atoms with E-state index in [1.54, 1.807) is 4.57 Å². The Kier molecular flexibility index (Phi) is 1.72. The highest BCUT2D eigenvalue weighted by Gasteiger charge is 2.42. The van der Waals surface area contributed by atoms with Crippen LogP contribution in [0.25, 0.3) is 11.0 Å². The molecular formula is C10H7BrF2N2. The predicted octanol–water partition coefficient (Wildman–Crippen LogP) is 3.29. The van der Waals surface area contributed by atoms with Gasteiger partial charge in [-0.2, -0.15) is 8.78 Å². The van der Waals surface area contributed by atoms with Gasteiger partial charge in [0.05, 0.1) is 5.52 Å². The fraction of sp³-hybridized carbons (Fsp3) is 0.300. The van der Waals surface area contributed by atoms with Gasteiger partial charge in [0.2, 0.25) is 0 Å². The van der Waals surface area contributed by atoms with Crippen molar-refractivity contribution in [1.29, 1.82) is 0 Å². The number of nitrogens with zero attached hydrogens (tertiary/aromatic N) is 2. The summed E-state index contributed by atoms with van der Waals surface area (Å²) in [5.41, 5.74) is 1.39. The molecule has 1 aromatic heterocycles. The number of halogens is 3. The van der Waals surface area contributed by atoms with Gasteiger partial charge in [0.1, 0.15) is 5.52 Å². The number of fused-ring (bicyclic) bond motifs is 3. The van der Waals surface area contributed by atoms with E-state index in [4.69, 9.17) is 0 Å². The molecule has 0 N–H and O–H groups in total. The summed E-state index contributed by atoms with van der Waals surface area (Å²) in [6.45, 7) is 0.343. The maximum atomic E-state index is 13.4. The molecule has 15 heavy (non-hydrogen) atoms. The van der Waals surface area contributed by atoms with E-state index in [1.165, 1.54) is 0 Å². The van der Waals surface area contributed by atoms with Crippen LogP contribution in [-0.2, 0) is 12.5 Å². The third-order valence-corrected chi connectivity index (χ3v) is 3.35. The van der Waals surface area contributed by atoms with Gasteiger partial charge in [-0.25, -0.2) is 4.98 Å². The van der Waals surface area contributed by atoms with Crippen LogP contribution in [0.5, 0.6) is 0 Å². The number of hydrogen-bond acceptors (Lipinski definition) is 1. The minimum Gasteiger partial charge on any atom is -0.323 e. The average Bonchev–Trinajstić information content (AvgIpc) is 2.67. The minimum atomic E-state index is -2.78. The molecule has 2 aromatic rings. The Hall–Kier alpha value is -0.970. The van der Waals surface area contributed by atoms with Crippen LogP contribution in [0.4, 0.5) is 8.78 Å². The van der Waals surface area contributed by atoms with Crippen LogP contribution < -0.4 is 0 Å². The molecule has 78 valence electrons. The van der Waals surface area contributed by atoms with Crippen LogP contribution in [0.15, 0.2) is 22.7 Å². The molecule has 2 heterocycles. The SMILES string of the molecule is FC1(F)CCn2c1nc1c(Br)cccc12. The van der Waals surface area contributed by atoms with Crippen LogP contribution in [0.3, 0.4) is 0 Å². The lowest BCUT2D eigenvalue weighted by Crippen LogP contribution is -2.09. The van der Waals surface area contributed by atoms with Crippen LogP contribution in [0, 0.1) is 0 Å². The first-order valence-corrected chi connectivity index (χ1v) is 5.42. The Morgan fingerprint density at radius 1 is 1.40 bits per heavy atom. The summed E-state index contributed by atoms with van der Waals surface area (Å²) in [6.07, 6.45) is -0.141. The summed E-state index contributed by atoms with van der Waals surface area (Å²) in [6, 6.07) is 5.46. The van der Waals surface area contributed by atoms with Gasteiger partial charge in [-0.15, -0.1) is 0 Å². The summed E-state index contributed by atoms with van der Waals surface area (Å²) in [7, 11) is 0. The zero-order valence-corrected chi connectivity index (χ0v) is 9.26. The lowest BCUT2D eigenvalue weighted by molar-refractivity contribution is -0.00604. The molecule has 1 aromatic carbocycles. The Balaban J connectivity index is 2.39. The van der Waals surface area contributed by atoms with Crippen molar-refractivity contribution in [2.45, 2.75) is 18.9 Å². The summed E-state index contributed by atoms with van der Waals surface area (Å²) in [5, 5.41) is 0. The molecule has 0 aliphatic carbocycles. The Bertz CT molecular complexity index is 548. The first-order chi connectivity index (χ1) is 7.09. The van der Waals surface area contributed by atoms with Gasteiger partial charge in [0.15, 0.2) is 5.82 Å². The highest BCUT2D eigenvalue weighted by molar-refractivity contribution is 9.10. The predicted molar refractivity (Wildman–Crippen MR) is 55.9 cm³/mol. The first kappa shape index (κ1) is 9.27. The van der Waals surface area contributed by atoms with E-state index in [-0.39, 0.29) is 12.2 Å². The molecule has 1 aliphatic rings. The van der Waals surface area contributed by atoms with E-state index in [1.807, 2.05) is 18.2 Å². The van der Waals surface area contributed by atoms with Crippen LogP contribution in [0.1, 0.15) is 12.2 Å². The molecule has 0 saturated carbocycles. The molecule has 0 unspecified atom stereocenters. The monoisotopic (exact) mass is 272 g/mol. The zero-order valence-electron chi connectivity index (χ0n) is 7.67. The summed E-state index contributed by atoms with van der Waals surface area (Å²) in [4.78, 5) is 4.01. The van der Waals surface area contributed by atoms with Crippen molar-refractivity contribution in [3.8, 4) is 0 Å². The van der Waals surface area contributed by atoms with Gasteiger partial charge < -0.3 is 4.57 Å². The number of imidazole rings is 1. The zero-order chi connectivity index (χ0) is 10.6. The fourth-order valence-corrected chi connectivity index (χ4v) is 2.43. The Morgan fingerprint density at radius 3 is 3.00 bits per heavy atom. The standard InChI is InChI=1S/C10H7BrF2N2/c11-6-2-1-3-7-8(6)14-9-10(12,13)4-5-15(7)9/h1-3H,4-5H2. The molecule has 0 atom stereocenters. The molecule has 1 aliphatic heterocycles. The number of aromatic nitrogens is 2. The second kappa shape index (κ2) is 2.78. The molecule has 0 radical (unpaired) electrons. The maximum absolute atomic E-state index is 13.4. The van der Waals surface area contributed by atoms with Gasteiger partial charge in [-0.05, 0) is 28.1 Å². The van der Waals surface area contributed by atoms with Crippen molar-refractivity contribution in [3.05, 3.63) is 28.5 Å². The van der Waals surface area contributed by atoms with E-state index in [9.17, 15) is 8.78 Å². The number of aryl methyl sites for hydroxylation is 1. The largest absolute Gasteiger partial charge is 0.323 e. The summed E-state index contributed by atoms with van der Waals surface area (Å²) in [5.74, 6) is -2.89. The minimum absolute atomic E-state index is 0.107. The van der Waals surface area contributed by atoms with Crippen molar-refractivity contribution >= 4 is 27.0 Å². The number of hydrogen-bond donors (Lipinski definition) is 0. The van der Waals surface area contributed by atoms with Gasteiger partial charge >= 0.3 is 5.92 Å². The third-order valence-electron chi connectivity index (χ3n) is 2.71. The van der Waals surface area contributed by atoms with Crippen molar-refractivity contribution in [2.24, 2.45) is 0 Å². The molecule has 0 fully saturated rings. The first-order valence-electron chi connectivity index (χ1n) is 4.63. The highest BCUT2D eigenvalue weighted by Crippen LogP contribution is 2.40. The normalized spacial score (nSPS) is 18.3. The van der Waals surface area contributed by atoms with Gasteiger partial charge in [-0.3, -0.25) is 0 Å². The van der Waals surface area contributed by atoms with Crippen LogP contribution in [0.2, 0.25) is 0 Å². The van der Waals surface area contributed by atoms with Crippen molar-refractivity contribution in [3.63, 3.8) is 0 Å². The second-order valence-corrected chi connectivity index (χ2v) is 4.50. The van der Waals surface area contributed by atoms with E-state index in [0.29, 0.717) is 12.1 Å². The summed E-state index contributed by atoms with van der Waals surface area (Å²) < 4.78 is 29.2. The molecule has 5 heteroatoms. The van der Waals surface area contributed by atoms with Crippen molar-refractivity contribution in [2.75, 3.05) is 0 Å².